The zero-order valence-corrected chi connectivity index (χ0v) is 21.8. The van der Waals surface area contributed by atoms with Gasteiger partial charge >= 0.3 is 12.4 Å². The Hall–Kier alpha value is -3.10. The molecular formula is C28H33F6N3. The molecule has 0 fully saturated rings. The number of alkyl halides is 6. The molecule has 3 nitrogen and oxygen atoms in total. The van der Waals surface area contributed by atoms with Crippen molar-refractivity contribution < 1.29 is 26.3 Å². The van der Waals surface area contributed by atoms with E-state index < -0.39 is 23.6 Å². The Bertz CT molecular complexity index is 1220. The first kappa shape index (κ1) is 30.1. The second-order valence-corrected chi connectivity index (χ2v) is 8.91. The summed E-state index contributed by atoms with van der Waals surface area (Å²) in [6.07, 6.45) is -0.404. The van der Waals surface area contributed by atoms with Crippen molar-refractivity contribution in [1.82, 2.24) is 9.55 Å². The molecule has 0 bridgehead atoms. The van der Waals surface area contributed by atoms with Gasteiger partial charge in [-0.3, -0.25) is 4.99 Å². The zero-order valence-electron chi connectivity index (χ0n) is 21.8. The number of allylic oxidation sites excluding steroid dienone is 6. The predicted molar refractivity (Wildman–Crippen MR) is 138 cm³/mol. The lowest BCUT2D eigenvalue weighted by Crippen LogP contribution is -2.19. The molecule has 9 heteroatoms. The van der Waals surface area contributed by atoms with Gasteiger partial charge in [0.25, 0.3) is 0 Å². The van der Waals surface area contributed by atoms with E-state index in [9.17, 15) is 26.3 Å². The predicted octanol–water partition coefficient (Wildman–Crippen LogP) is 8.85. The van der Waals surface area contributed by atoms with Crippen LogP contribution >= 0.6 is 0 Å². The van der Waals surface area contributed by atoms with Crippen LogP contribution in [0.2, 0.25) is 0 Å². The molecule has 1 atom stereocenters. The average molecular weight is 526 g/mol. The van der Waals surface area contributed by atoms with E-state index in [0.717, 1.165) is 28.6 Å². The Morgan fingerprint density at radius 3 is 2.35 bits per heavy atom. The number of hydrogen-bond donors (Lipinski definition) is 0. The third-order valence-corrected chi connectivity index (χ3v) is 6.16. The standard InChI is InChI=1S/C28H33F6N3/c1-7-9-10-11-12-21-19(4)13-15-23-26(21)36-25(37(23)6)16-14-22(18(3)8-2)35-24(28(32,33)34)17-20(5)27(29,30)31/h9-13,15,17-18H,5,7-8,14,16H2,1-4,6H3/b10-9+,12-11-,24-17-,35-22?. The molecule has 1 aromatic heterocycles. The molecular weight excluding hydrogens is 492 g/mol. The van der Waals surface area contributed by atoms with Gasteiger partial charge in [0.15, 0.2) is 0 Å². The molecule has 0 aliphatic carbocycles. The van der Waals surface area contributed by atoms with Gasteiger partial charge in [-0.25, -0.2) is 4.98 Å². The first-order chi connectivity index (χ1) is 17.2. The molecule has 0 aliphatic rings. The van der Waals surface area contributed by atoms with E-state index >= 15 is 0 Å². The smallest absolute Gasteiger partial charge is 0.331 e. The lowest BCUT2D eigenvalue weighted by molar-refractivity contribution is -0.0959. The van der Waals surface area contributed by atoms with Gasteiger partial charge in [-0.2, -0.15) is 26.3 Å². The number of aromatic nitrogens is 2. The molecule has 0 radical (unpaired) electrons. The van der Waals surface area contributed by atoms with E-state index in [2.05, 4.69) is 11.6 Å². The minimum atomic E-state index is -5.06. The first-order valence-corrected chi connectivity index (χ1v) is 12.1. The van der Waals surface area contributed by atoms with Crippen molar-refractivity contribution in [3.8, 4) is 0 Å². The molecule has 1 aromatic carbocycles. The second kappa shape index (κ2) is 12.4. The Kier molecular flexibility index (Phi) is 10.1. The van der Waals surface area contributed by atoms with Crippen LogP contribution in [0.15, 0.2) is 59.3 Å². The molecule has 0 amide bonds. The van der Waals surface area contributed by atoms with Gasteiger partial charge in [0, 0.05) is 24.7 Å². The van der Waals surface area contributed by atoms with Crippen LogP contribution in [0.4, 0.5) is 26.3 Å². The summed E-state index contributed by atoms with van der Waals surface area (Å²) >= 11 is 0. The van der Waals surface area contributed by atoms with Crippen LogP contribution in [-0.4, -0.2) is 27.6 Å². The highest BCUT2D eigenvalue weighted by Gasteiger charge is 2.38. The highest BCUT2D eigenvalue weighted by molar-refractivity contribution is 5.89. The maximum absolute atomic E-state index is 13.6. The molecule has 0 saturated heterocycles. The van der Waals surface area contributed by atoms with Crippen LogP contribution in [0.25, 0.3) is 17.1 Å². The third-order valence-electron chi connectivity index (χ3n) is 6.16. The van der Waals surface area contributed by atoms with Crippen molar-refractivity contribution in [2.45, 2.75) is 65.7 Å². The molecule has 202 valence electrons. The van der Waals surface area contributed by atoms with Crippen LogP contribution in [-0.2, 0) is 13.5 Å². The Balaban J connectivity index is 2.48. The quantitative estimate of drug-likeness (QED) is 0.173. The number of aryl methyl sites for hydroxylation is 3. The van der Waals surface area contributed by atoms with Gasteiger partial charge in [0.2, 0.25) is 0 Å². The van der Waals surface area contributed by atoms with Gasteiger partial charge < -0.3 is 4.57 Å². The van der Waals surface area contributed by atoms with Crippen LogP contribution in [0.1, 0.15) is 57.0 Å². The average Bonchev–Trinajstić information content (AvgIpc) is 3.13. The lowest BCUT2D eigenvalue weighted by Gasteiger charge is -2.16. The van der Waals surface area contributed by atoms with Gasteiger partial charge in [-0.05, 0) is 49.8 Å². The number of hydrogen-bond acceptors (Lipinski definition) is 2. The van der Waals surface area contributed by atoms with Crippen LogP contribution < -0.4 is 0 Å². The van der Waals surface area contributed by atoms with Crippen LogP contribution in [0.3, 0.4) is 0 Å². The minimum Gasteiger partial charge on any atom is -0.331 e. The Morgan fingerprint density at radius 2 is 1.78 bits per heavy atom. The summed E-state index contributed by atoms with van der Waals surface area (Å²) in [5, 5.41) is 0. The molecule has 0 aliphatic heterocycles. The molecule has 2 aromatic rings. The number of rotatable bonds is 10. The molecule has 1 unspecified atom stereocenters. The zero-order chi connectivity index (χ0) is 28.0. The van der Waals surface area contributed by atoms with E-state index in [1.54, 1.807) is 13.8 Å². The fraction of sp³-hybridized carbons (Fsp3) is 0.429. The number of benzene rings is 1. The molecule has 0 N–H and O–H groups in total. The van der Waals surface area contributed by atoms with E-state index in [0.29, 0.717) is 12.2 Å². The van der Waals surface area contributed by atoms with Gasteiger partial charge in [0.05, 0.1) is 16.6 Å². The summed E-state index contributed by atoms with van der Waals surface area (Å²) in [6, 6.07) is 3.92. The number of nitrogens with zero attached hydrogens (tertiary/aromatic N) is 3. The minimum absolute atomic E-state index is 0.0359. The molecule has 2 rings (SSSR count). The van der Waals surface area contributed by atoms with E-state index in [1.807, 2.05) is 61.9 Å². The number of fused-ring (bicyclic) bond motifs is 1. The fourth-order valence-electron chi connectivity index (χ4n) is 3.70. The molecule has 0 saturated carbocycles. The van der Waals surface area contributed by atoms with Crippen molar-refractivity contribution in [2.24, 2.45) is 18.0 Å². The fourth-order valence-corrected chi connectivity index (χ4v) is 3.70. The van der Waals surface area contributed by atoms with Crippen molar-refractivity contribution in [3.05, 3.63) is 71.2 Å². The van der Waals surface area contributed by atoms with E-state index in [-0.39, 0.29) is 30.5 Å². The van der Waals surface area contributed by atoms with Crippen molar-refractivity contribution in [1.29, 1.82) is 0 Å². The maximum Gasteiger partial charge on any atom is 0.433 e. The molecule has 37 heavy (non-hydrogen) atoms. The second-order valence-electron chi connectivity index (χ2n) is 8.91. The van der Waals surface area contributed by atoms with Crippen LogP contribution in [0.5, 0.6) is 0 Å². The number of imidazole rings is 1. The van der Waals surface area contributed by atoms with Crippen molar-refractivity contribution in [3.63, 3.8) is 0 Å². The third kappa shape index (κ3) is 7.94. The van der Waals surface area contributed by atoms with Crippen molar-refractivity contribution >= 4 is 22.8 Å². The maximum atomic E-state index is 13.6. The highest BCUT2D eigenvalue weighted by atomic mass is 19.4. The normalized spacial score (nSPS) is 14.9. The highest BCUT2D eigenvalue weighted by Crippen LogP contribution is 2.33. The summed E-state index contributed by atoms with van der Waals surface area (Å²) in [7, 11) is 1.83. The van der Waals surface area contributed by atoms with E-state index in [4.69, 9.17) is 4.98 Å². The molecule has 1 heterocycles. The van der Waals surface area contributed by atoms with Crippen molar-refractivity contribution in [2.75, 3.05) is 0 Å². The van der Waals surface area contributed by atoms with Gasteiger partial charge in [-0.15, -0.1) is 0 Å². The molecule has 0 spiro atoms. The van der Waals surface area contributed by atoms with E-state index in [1.165, 1.54) is 0 Å². The largest absolute Gasteiger partial charge is 0.433 e. The Labute approximate surface area is 214 Å². The topological polar surface area (TPSA) is 30.2 Å². The summed E-state index contributed by atoms with van der Waals surface area (Å²) < 4.78 is 81.3. The monoisotopic (exact) mass is 525 g/mol. The lowest BCUT2D eigenvalue weighted by atomic mass is 9.98. The first-order valence-electron chi connectivity index (χ1n) is 12.1. The van der Waals surface area contributed by atoms with Crippen LogP contribution in [0, 0.1) is 12.8 Å². The summed E-state index contributed by atoms with van der Waals surface area (Å²) in [5.41, 5.74) is 0.575. The number of aliphatic imine (C=N–C) groups is 1. The summed E-state index contributed by atoms with van der Waals surface area (Å²) in [6.45, 7) is 10.2. The van der Waals surface area contributed by atoms with Gasteiger partial charge in [0.1, 0.15) is 11.5 Å². The Morgan fingerprint density at radius 1 is 1.11 bits per heavy atom. The van der Waals surface area contributed by atoms with Gasteiger partial charge in [-0.1, -0.05) is 57.7 Å². The summed E-state index contributed by atoms with van der Waals surface area (Å²) in [5.74, 6) is 0.276. The SMILES string of the molecule is C=C(/C=C(\N=C(CCc1nc2c(/C=C\C=C\CC)c(C)ccc2n1C)C(C)CC)C(F)(F)F)C(F)(F)F. The summed E-state index contributed by atoms with van der Waals surface area (Å²) in [4.78, 5) is 8.47. The number of halogens is 6.